The molecule has 0 saturated heterocycles. The van der Waals surface area contributed by atoms with Gasteiger partial charge in [0.25, 0.3) is 0 Å². The van der Waals surface area contributed by atoms with E-state index in [0.29, 0.717) is 33.3 Å². The molecule has 4 rings (SSSR count). The van der Waals surface area contributed by atoms with Gasteiger partial charge < -0.3 is 0 Å². The van der Waals surface area contributed by atoms with Gasteiger partial charge in [0.1, 0.15) is 33.8 Å². The Hall–Kier alpha value is -3.39. The summed E-state index contributed by atoms with van der Waals surface area (Å²) >= 11 is 12.0. The zero-order chi connectivity index (χ0) is 28.2. The fourth-order valence-electron chi connectivity index (χ4n) is 3.94. The summed E-state index contributed by atoms with van der Waals surface area (Å²) in [6.45, 7) is 0. The predicted molar refractivity (Wildman–Crippen MR) is 148 cm³/mol. The van der Waals surface area contributed by atoms with Crippen LogP contribution in [0.25, 0.3) is 12.2 Å². The van der Waals surface area contributed by atoms with Crippen molar-refractivity contribution < 1.29 is 26.0 Å². The minimum absolute atomic E-state index is 0.0162. The van der Waals surface area contributed by atoms with E-state index < -0.39 is 43.6 Å². The monoisotopic (exact) mass is 590 g/mol. The second-order valence-corrected chi connectivity index (χ2v) is 11.6. The lowest BCUT2D eigenvalue weighted by Crippen LogP contribution is -2.19. The molecule has 0 bridgehead atoms. The predicted octanol–water partition coefficient (Wildman–Crippen LogP) is 9.17. The van der Waals surface area contributed by atoms with Crippen molar-refractivity contribution in [1.82, 2.24) is 0 Å². The fourth-order valence-corrected chi connectivity index (χ4v) is 6.17. The third-order valence-electron chi connectivity index (χ3n) is 5.93. The van der Waals surface area contributed by atoms with Crippen molar-refractivity contribution in [2.75, 3.05) is 0 Å². The van der Waals surface area contributed by atoms with E-state index in [4.69, 9.17) is 23.2 Å². The molecule has 39 heavy (non-hydrogen) atoms. The third kappa shape index (κ3) is 6.98. The number of benzene rings is 4. The van der Waals surface area contributed by atoms with Gasteiger partial charge in [0.15, 0.2) is 9.84 Å². The van der Waals surface area contributed by atoms with Crippen molar-refractivity contribution in [2.45, 2.75) is 10.5 Å². The molecule has 9 heteroatoms. The first-order valence-corrected chi connectivity index (χ1v) is 13.9. The summed E-state index contributed by atoms with van der Waals surface area (Å²) < 4.78 is 84.0. The molecule has 0 heterocycles. The van der Waals surface area contributed by atoms with Crippen molar-refractivity contribution in [3.63, 3.8) is 0 Å². The molecule has 0 N–H and O–H groups in total. The molecule has 0 saturated carbocycles. The van der Waals surface area contributed by atoms with Gasteiger partial charge in [0.05, 0.1) is 0 Å². The molecule has 0 fully saturated rings. The van der Waals surface area contributed by atoms with Gasteiger partial charge in [-0.3, -0.25) is 0 Å². The van der Waals surface area contributed by atoms with Gasteiger partial charge in [0.2, 0.25) is 0 Å². The smallest absolute Gasteiger partial charge is 0.171 e. The van der Waals surface area contributed by atoms with Crippen molar-refractivity contribution in [3.8, 4) is 0 Å². The molecular weight excluding hydrogens is 571 g/mol. The topological polar surface area (TPSA) is 34.1 Å². The summed E-state index contributed by atoms with van der Waals surface area (Å²) in [7, 11) is -4.23. The SMILES string of the molecule is O=S(=O)(C(/C=C\c1ccc(F)cc1F)c1ccc(Cl)cc1)C(/C=C\c1ccc(F)cc1F)c1ccc(Cl)cc1. The highest BCUT2D eigenvalue weighted by atomic mass is 35.5. The fraction of sp³-hybridized carbons (Fsp3) is 0.0667. The molecule has 2 unspecified atom stereocenters. The molecular formula is C30H20Cl2F4O2S. The first-order chi connectivity index (χ1) is 18.5. The lowest BCUT2D eigenvalue weighted by Gasteiger charge is -2.22. The second-order valence-electron chi connectivity index (χ2n) is 8.58. The largest absolute Gasteiger partial charge is 0.227 e. The zero-order valence-corrected chi connectivity index (χ0v) is 22.4. The second kappa shape index (κ2) is 12.2. The zero-order valence-electron chi connectivity index (χ0n) is 20.0. The summed E-state index contributed by atoms with van der Waals surface area (Å²) in [5, 5.41) is -1.88. The van der Waals surface area contributed by atoms with Crippen molar-refractivity contribution in [1.29, 1.82) is 0 Å². The minimum Gasteiger partial charge on any atom is -0.227 e. The van der Waals surface area contributed by atoms with Gasteiger partial charge in [-0.05, 0) is 59.7 Å². The first-order valence-electron chi connectivity index (χ1n) is 11.5. The van der Waals surface area contributed by atoms with Gasteiger partial charge in [-0.1, -0.05) is 71.8 Å². The van der Waals surface area contributed by atoms with E-state index in [0.717, 1.165) is 12.1 Å². The van der Waals surface area contributed by atoms with Crippen LogP contribution in [0.2, 0.25) is 10.0 Å². The van der Waals surface area contributed by atoms with Crippen LogP contribution in [0, 0.1) is 23.3 Å². The standard InChI is InChI=1S/C30H20Cl2F4O2S/c31-23-9-1-21(2-10-23)29(15-7-19-5-13-25(33)17-27(19)35)39(37,38)30(22-3-11-24(32)12-4-22)16-8-20-6-14-26(34)18-28(20)36/h1-18,29-30H/b15-7-,16-8-. The maximum absolute atomic E-state index is 14.3. The first kappa shape index (κ1) is 28.6. The Morgan fingerprint density at radius 3 is 1.26 bits per heavy atom. The molecule has 2 atom stereocenters. The van der Waals surface area contributed by atoms with Crippen LogP contribution in [0.5, 0.6) is 0 Å². The Morgan fingerprint density at radius 2 is 0.923 bits per heavy atom. The van der Waals surface area contributed by atoms with Crippen molar-refractivity contribution in [3.05, 3.63) is 153 Å². The van der Waals surface area contributed by atoms with Crippen LogP contribution < -0.4 is 0 Å². The van der Waals surface area contributed by atoms with Crippen LogP contribution in [-0.4, -0.2) is 8.42 Å². The quantitative estimate of drug-likeness (QED) is 0.192. The molecule has 0 aliphatic carbocycles. The highest BCUT2D eigenvalue weighted by molar-refractivity contribution is 7.92. The van der Waals surface area contributed by atoms with Gasteiger partial charge in [0, 0.05) is 33.3 Å². The summed E-state index contributed by atoms with van der Waals surface area (Å²) in [6, 6.07) is 18.1. The highest BCUT2D eigenvalue weighted by Gasteiger charge is 2.33. The molecule has 0 spiro atoms. The van der Waals surface area contributed by atoms with Crippen molar-refractivity contribution in [2.24, 2.45) is 0 Å². The Balaban J connectivity index is 1.85. The lowest BCUT2D eigenvalue weighted by atomic mass is 10.1. The molecule has 0 radical (unpaired) electrons. The summed E-state index contributed by atoms with van der Waals surface area (Å²) in [4.78, 5) is 0. The van der Waals surface area contributed by atoms with E-state index in [1.807, 2.05) is 0 Å². The van der Waals surface area contributed by atoms with Crippen LogP contribution >= 0.6 is 23.2 Å². The van der Waals surface area contributed by atoms with Crippen LogP contribution in [0.4, 0.5) is 17.6 Å². The van der Waals surface area contributed by atoms with Gasteiger partial charge in [-0.25, -0.2) is 26.0 Å². The summed E-state index contributed by atoms with van der Waals surface area (Å²) in [6.07, 6.45) is 5.11. The van der Waals surface area contributed by atoms with E-state index in [-0.39, 0.29) is 11.1 Å². The van der Waals surface area contributed by atoms with Crippen molar-refractivity contribution >= 4 is 45.2 Å². The number of sulfone groups is 1. The highest BCUT2D eigenvalue weighted by Crippen LogP contribution is 2.38. The molecule has 0 amide bonds. The molecule has 0 aliphatic heterocycles. The van der Waals surface area contributed by atoms with Crippen LogP contribution in [0.3, 0.4) is 0 Å². The van der Waals surface area contributed by atoms with Gasteiger partial charge in [-0.2, -0.15) is 0 Å². The summed E-state index contributed by atoms with van der Waals surface area (Å²) in [5.41, 5.74) is 0.632. The Bertz CT molecular complexity index is 1520. The maximum atomic E-state index is 14.3. The van der Waals surface area contributed by atoms with E-state index >= 15 is 0 Å². The third-order valence-corrected chi connectivity index (χ3v) is 8.71. The van der Waals surface area contributed by atoms with E-state index in [2.05, 4.69) is 0 Å². The van der Waals surface area contributed by atoms with Crippen LogP contribution in [0.15, 0.2) is 97.1 Å². The number of halogens is 6. The Morgan fingerprint density at radius 1 is 0.564 bits per heavy atom. The Kier molecular flexibility index (Phi) is 8.95. The van der Waals surface area contributed by atoms with E-state index in [1.165, 1.54) is 85.0 Å². The number of hydrogen-bond acceptors (Lipinski definition) is 2. The van der Waals surface area contributed by atoms with Crippen LogP contribution in [0.1, 0.15) is 32.8 Å². The lowest BCUT2D eigenvalue weighted by molar-refractivity contribution is 0.580. The maximum Gasteiger partial charge on any atom is 0.171 e. The summed E-state index contributed by atoms with van der Waals surface area (Å²) in [5.74, 6) is -3.26. The number of rotatable bonds is 8. The molecule has 2 nitrogen and oxygen atoms in total. The molecule has 200 valence electrons. The minimum atomic E-state index is -4.23. The van der Waals surface area contributed by atoms with E-state index in [1.54, 1.807) is 0 Å². The molecule has 0 aromatic heterocycles. The van der Waals surface area contributed by atoms with Gasteiger partial charge in [-0.15, -0.1) is 0 Å². The normalized spacial score (nSPS) is 13.7. The van der Waals surface area contributed by atoms with Crippen LogP contribution in [-0.2, 0) is 9.84 Å². The molecule has 0 aliphatic rings. The number of hydrogen-bond donors (Lipinski definition) is 0. The molecule has 4 aromatic carbocycles. The Labute approximate surface area is 233 Å². The van der Waals surface area contributed by atoms with E-state index in [9.17, 15) is 26.0 Å². The molecule has 4 aromatic rings. The van der Waals surface area contributed by atoms with Gasteiger partial charge >= 0.3 is 0 Å². The average Bonchev–Trinajstić information content (AvgIpc) is 2.88. The average molecular weight is 591 g/mol.